The molecule has 0 unspecified atom stereocenters. The number of thiocarbonyl (C=S) groups is 2. The van der Waals surface area contributed by atoms with Crippen LogP contribution in [0, 0.1) is 0 Å². The minimum Gasteiger partial charge on any atom is -0.779 e. The topological polar surface area (TPSA) is 110 Å². The number of amides is 2. The number of carbonyl (C=O) groups excluding carboxylic acids is 2. The predicted octanol–water partition coefficient (Wildman–Crippen LogP) is 1.13. The maximum absolute atomic E-state index is 11.3. The monoisotopic (exact) mass is 619 g/mol. The summed E-state index contributed by atoms with van der Waals surface area (Å²) in [4.78, 5) is 23.6. The van der Waals surface area contributed by atoms with E-state index in [1.165, 1.54) is 0 Å². The first-order chi connectivity index (χ1) is 12.2. The van der Waals surface area contributed by atoms with Crippen LogP contribution < -0.4 is 22.1 Å². The van der Waals surface area contributed by atoms with Crippen LogP contribution >= 0.6 is 24.4 Å². The summed E-state index contributed by atoms with van der Waals surface area (Å²) in [6, 6.07) is 13.6. The van der Waals surface area contributed by atoms with Gasteiger partial charge in [0.1, 0.15) is 0 Å². The third-order valence-electron chi connectivity index (χ3n) is 2.74. The summed E-state index contributed by atoms with van der Waals surface area (Å²) in [6.45, 7) is 0. The number of benzene rings is 2. The Bertz CT molecular complexity index is 779. The summed E-state index contributed by atoms with van der Waals surface area (Å²) in [5.41, 5.74) is 11.1. The quantitative estimate of drug-likeness (QED) is 0.225. The molecule has 144 valence electrons. The van der Waals surface area contributed by atoms with Crippen molar-refractivity contribution in [2.45, 2.75) is 9.79 Å². The van der Waals surface area contributed by atoms with Gasteiger partial charge in [-0.15, -0.1) is 0 Å². The molecule has 0 saturated carbocycles. The van der Waals surface area contributed by atoms with E-state index < -0.39 is 0 Å². The molecule has 0 spiro atoms. The summed E-state index contributed by atoms with van der Waals surface area (Å²) >= 11 is 18.9. The Hall–Kier alpha value is -1.66. The van der Waals surface area contributed by atoms with Crippen LogP contribution in [0.3, 0.4) is 0 Å². The average Bonchev–Trinajstić information content (AvgIpc) is 2.55. The van der Waals surface area contributed by atoms with Gasteiger partial charge in [0.25, 0.3) is 11.8 Å². The Morgan fingerprint density at radius 3 is 1.30 bits per heavy atom. The van der Waals surface area contributed by atoms with Crippen molar-refractivity contribution in [2.75, 3.05) is 0 Å². The van der Waals surface area contributed by atoms with E-state index in [0.29, 0.717) is 20.9 Å². The summed E-state index contributed by atoms with van der Waals surface area (Å²) < 4.78 is 0. The van der Waals surface area contributed by atoms with Gasteiger partial charge in [-0.05, 0) is 24.4 Å². The second-order valence-corrected chi connectivity index (χ2v) is 6.39. The van der Waals surface area contributed by atoms with E-state index in [0.717, 1.165) is 0 Å². The Labute approximate surface area is 194 Å². The SMILES string of the molecule is NC(=S)NC(=O)c1ccccc1[S-].NC(=S)NC(=O)c1ccccc1[S-].[Au+3]. The molecule has 2 aromatic rings. The predicted molar refractivity (Wildman–Crippen MR) is 113 cm³/mol. The zero-order valence-corrected chi connectivity index (χ0v) is 19.0. The maximum Gasteiger partial charge on any atom is 3.00 e. The molecule has 0 bridgehead atoms. The molecule has 0 fully saturated rings. The fourth-order valence-electron chi connectivity index (χ4n) is 1.67. The van der Waals surface area contributed by atoms with Crippen LogP contribution in [-0.2, 0) is 47.6 Å². The van der Waals surface area contributed by atoms with Gasteiger partial charge >= 0.3 is 22.4 Å². The van der Waals surface area contributed by atoms with E-state index in [9.17, 15) is 9.59 Å². The van der Waals surface area contributed by atoms with Crippen molar-refractivity contribution in [3.63, 3.8) is 0 Å². The van der Waals surface area contributed by atoms with E-state index in [4.69, 9.17) is 36.7 Å². The Kier molecular flexibility index (Phi) is 11.9. The standard InChI is InChI=1S/2C8H8N2OS2.Au/c2*9-8(13)10-7(11)5-3-1-2-4-6(5)12;/h2*1-4,12H,(H3,9,10,11,13);/q;;+3/p-2. The number of nitrogens with two attached hydrogens (primary N) is 2. The van der Waals surface area contributed by atoms with Crippen molar-refractivity contribution in [1.82, 2.24) is 10.6 Å². The van der Waals surface area contributed by atoms with Gasteiger partial charge in [-0.1, -0.05) is 48.5 Å². The van der Waals surface area contributed by atoms with Gasteiger partial charge in [0.15, 0.2) is 10.2 Å². The first-order valence-corrected chi connectivity index (χ1v) is 8.59. The third kappa shape index (κ3) is 9.20. The largest absolute Gasteiger partial charge is 3.00 e. The average molecular weight is 620 g/mol. The van der Waals surface area contributed by atoms with Gasteiger partial charge in [0, 0.05) is 11.1 Å². The van der Waals surface area contributed by atoms with Crippen molar-refractivity contribution < 1.29 is 32.0 Å². The number of rotatable bonds is 2. The molecule has 0 heterocycles. The van der Waals surface area contributed by atoms with E-state index >= 15 is 0 Å². The molecular weight excluding hydrogens is 605 g/mol. The molecule has 0 radical (unpaired) electrons. The van der Waals surface area contributed by atoms with E-state index in [1.807, 2.05) is 0 Å². The number of hydrogen-bond acceptors (Lipinski definition) is 6. The molecule has 11 heteroatoms. The van der Waals surface area contributed by atoms with Crippen LogP contribution in [0.4, 0.5) is 0 Å². The molecule has 6 N–H and O–H groups in total. The van der Waals surface area contributed by atoms with E-state index in [1.54, 1.807) is 48.5 Å². The Morgan fingerprint density at radius 1 is 0.741 bits per heavy atom. The van der Waals surface area contributed by atoms with E-state index in [2.05, 4.69) is 35.1 Å². The van der Waals surface area contributed by atoms with Gasteiger partial charge in [-0.25, -0.2) is 0 Å². The van der Waals surface area contributed by atoms with Gasteiger partial charge in [0.05, 0.1) is 0 Å². The van der Waals surface area contributed by atoms with E-state index in [-0.39, 0.29) is 44.4 Å². The van der Waals surface area contributed by atoms with Crippen LogP contribution in [0.1, 0.15) is 20.7 Å². The zero-order valence-electron chi connectivity index (χ0n) is 13.5. The molecule has 0 atom stereocenters. The molecule has 6 nitrogen and oxygen atoms in total. The summed E-state index contributed by atoms with van der Waals surface area (Å²) in [5, 5.41) is 4.50. The second-order valence-electron chi connectivity index (χ2n) is 4.63. The minimum absolute atomic E-state index is 0. The van der Waals surface area contributed by atoms with Crippen molar-refractivity contribution in [3.8, 4) is 0 Å². The van der Waals surface area contributed by atoms with Crippen LogP contribution in [0.25, 0.3) is 0 Å². The zero-order chi connectivity index (χ0) is 19.7. The summed E-state index contributed by atoms with van der Waals surface area (Å²) in [6.07, 6.45) is 0. The smallest absolute Gasteiger partial charge is 0.779 e. The minimum atomic E-state index is -0.363. The van der Waals surface area contributed by atoms with Crippen LogP contribution in [0.15, 0.2) is 58.3 Å². The molecule has 2 aromatic carbocycles. The molecule has 0 saturated heterocycles. The van der Waals surface area contributed by atoms with Crippen molar-refractivity contribution in [3.05, 3.63) is 59.7 Å². The molecule has 0 aromatic heterocycles. The van der Waals surface area contributed by atoms with Crippen LogP contribution in [-0.4, -0.2) is 22.0 Å². The molecule has 0 aliphatic carbocycles. The third-order valence-corrected chi connectivity index (χ3v) is 3.65. The number of carbonyl (C=O) groups is 2. The van der Waals surface area contributed by atoms with Gasteiger partial charge in [-0.2, -0.15) is 9.79 Å². The summed E-state index contributed by atoms with van der Waals surface area (Å²) in [5.74, 6) is -0.726. The van der Waals surface area contributed by atoms with Crippen LogP contribution in [0.2, 0.25) is 0 Å². The molecule has 0 aliphatic rings. The molecule has 27 heavy (non-hydrogen) atoms. The van der Waals surface area contributed by atoms with Gasteiger partial charge in [-0.3, -0.25) is 20.2 Å². The normalized spacial score (nSPS) is 8.89. The van der Waals surface area contributed by atoms with Gasteiger partial charge in [0.2, 0.25) is 0 Å². The summed E-state index contributed by atoms with van der Waals surface area (Å²) in [7, 11) is 0. The Morgan fingerprint density at radius 2 is 1.04 bits per heavy atom. The number of nitrogens with one attached hydrogen (secondary N) is 2. The Balaban J connectivity index is 0.000000483. The first kappa shape index (κ1) is 25.3. The van der Waals surface area contributed by atoms with Crippen LogP contribution in [0.5, 0.6) is 0 Å². The molecule has 2 amide bonds. The van der Waals surface area contributed by atoms with Crippen molar-refractivity contribution in [1.29, 1.82) is 0 Å². The van der Waals surface area contributed by atoms with Crippen molar-refractivity contribution >= 4 is 71.7 Å². The fourth-order valence-corrected chi connectivity index (χ4v) is 2.33. The maximum atomic E-state index is 11.3. The second kappa shape index (κ2) is 12.7. The number of hydrogen-bond donors (Lipinski definition) is 4. The molecule has 0 aliphatic heterocycles. The molecule has 2 rings (SSSR count). The first-order valence-electron chi connectivity index (χ1n) is 6.96. The fraction of sp³-hybridized carbons (Fsp3) is 0. The van der Waals surface area contributed by atoms with Crippen molar-refractivity contribution in [2.24, 2.45) is 11.5 Å². The molecular formula is C16H14AuN4O2S4+. The van der Waals surface area contributed by atoms with Gasteiger partial charge < -0.3 is 36.7 Å².